The Morgan fingerprint density at radius 3 is 2.64 bits per heavy atom. The number of anilines is 2. The van der Waals surface area contributed by atoms with Gasteiger partial charge >= 0.3 is 0 Å². The SMILES string of the molecule is CCC(CC)Nc1ccnc(NC)n1. The zero-order valence-electron chi connectivity index (χ0n) is 9.04. The average molecular weight is 194 g/mol. The Morgan fingerprint density at radius 1 is 1.36 bits per heavy atom. The second-order valence-electron chi connectivity index (χ2n) is 3.17. The molecule has 0 aromatic carbocycles. The highest BCUT2D eigenvalue weighted by atomic mass is 15.1. The summed E-state index contributed by atoms with van der Waals surface area (Å²) in [6.45, 7) is 4.34. The van der Waals surface area contributed by atoms with Crippen LogP contribution in [-0.2, 0) is 0 Å². The van der Waals surface area contributed by atoms with Crippen molar-refractivity contribution in [3.05, 3.63) is 12.3 Å². The number of hydrogen-bond donors (Lipinski definition) is 2. The van der Waals surface area contributed by atoms with Crippen LogP contribution in [0.3, 0.4) is 0 Å². The third-order valence-corrected chi connectivity index (χ3v) is 2.22. The van der Waals surface area contributed by atoms with Gasteiger partial charge in [-0.15, -0.1) is 0 Å². The number of nitrogens with one attached hydrogen (secondary N) is 2. The molecule has 0 atom stereocenters. The van der Waals surface area contributed by atoms with E-state index in [4.69, 9.17) is 0 Å². The highest BCUT2D eigenvalue weighted by Crippen LogP contribution is 2.09. The molecule has 4 nitrogen and oxygen atoms in total. The van der Waals surface area contributed by atoms with Gasteiger partial charge in [0, 0.05) is 19.3 Å². The topological polar surface area (TPSA) is 49.8 Å². The summed E-state index contributed by atoms with van der Waals surface area (Å²) in [6, 6.07) is 2.38. The Labute approximate surface area is 85.2 Å². The lowest BCUT2D eigenvalue weighted by Gasteiger charge is -2.15. The molecule has 0 fully saturated rings. The van der Waals surface area contributed by atoms with Crippen molar-refractivity contribution < 1.29 is 0 Å². The number of nitrogens with zero attached hydrogens (tertiary/aromatic N) is 2. The predicted octanol–water partition coefficient (Wildman–Crippen LogP) is 2.12. The molecule has 14 heavy (non-hydrogen) atoms. The van der Waals surface area contributed by atoms with Crippen molar-refractivity contribution in [1.82, 2.24) is 9.97 Å². The van der Waals surface area contributed by atoms with Gasteiger partial charge in [0.15, 0.2) is 0 Å². The van der Waals surface area contributed by atoms with E-state index in [0.29, 0.717) is 12.0 Å². The third-order valence-electron chi connectivity index (χ3n) is 2.22. The molecule has 0 saturated carbocycles. The molecular weight excluding hydrogens is 176 g/mol. The first kappa shape index (κ1) is 10.8. The lowest BCUT2D eigenvalue weighted by atomic mass is 10.2. The van der Waals surface area contributed by atoms with Gasteiger partial charge in [-0.2, -0.15) is 4.98 Å². The van der Waals surface area contributed by atoms with Crippen molar-refractivity contribution in [2.75, 3.05) is 17.7 Å². The standard InChI is InChI=1S/C10H18N4/c1-4-8(5-2)13-9-6-7-12-10(11-3)14-9/h6-8H,4-5H2,1-3H3,(H2,11,12,13,14). The average Bonchev–Trinajstić information content (AvgIpc) is 2.26. The van der Waals surface area contributed by atoms with Gasteiger partial charge in [0.2, 0.25) is 5.95 Å². The van der Waals surface area contributed by atoms with E-state index in [9.17, 15) is 0 Å². The van der Waals surface area contributed by atoms with Crippen molar-refractivity contribution in [3.8, 4) is 0 Å². The van der Waals surface area contributed by atoms with Gasteiger partial charge < -0.3 is 10.6 Å². The molecule has 2 N–H and O–H groups in total. The van der Waals surface area contributed by atoms with Crippen LogP contribution in [0, 0.1) is 0 Å². The molecule has 0 spiro atoms. The van der Waals surface area contributed by atoms with Crippen LogP contribution in [0.5, 0.6) is 0 Å². The van der Waals surface area contributed by atoms with Crippen molar-refractivity contribution in [3.63, 3.8) is 0 Å². The summed E-state index contributed by atoms with van der Waals surface area (Å²) < 4.78 is 0. The summed E-state index contributed by atoms with van der Waals surface area (Å²) in [4.78, 5) is 8.35. The zero-order valence-corrected chi connectivity index (χ0v) is 9.04. The molecule has 0 radical (unpaired) electrons. The van der Waals surface area contributed by atoms with Gasteiger partial charge in [-0.1, -0.05) is 13.8 Å². The second kappa shape index (κ2) is 5.42. The van der Waals surface area contributed by atoms with Gasteiger partial charge in [-0.25, -0.2) is 4.98 Å². The Morgan fingerprint density at radius 2 is 2.07 bits per heavy atom. The van der Waals surface area contributed by atoms with Gasteiger partial charge in [0.05, 0.1) is 0 Å². The van der Waals surface area contributed by atoms with E-state index >= 15 is 0 Å². The summed E-state index contributed by atoms with van der Waals surface area (Å²) in [5.41, 5.74) is 0. The maximum absolute atomic E-state index is 4.29. The monoisotopic (exact) mass is 194 g/mol. The minimum absolute atomic E-state index is 0.495. The first-order valence-corrected chi connectivity index (χ1v) is 5.07. The molecule has 0 amide bonds. The van der Waals surface area contributed by atoms with E-state index in [0.717, 1.165) is 18.7 Å². The minimum atomic E-state index is 0.495. The molecule has 4 heteroatoms. The van der Waals surface area contributed by atoms with Crippen LogP contribution in [0.25, 0.3) is 0 Å². The molecule has 0 aliphatic carbocycles. The maximum Gasteiger partial charge on any atom is 0.224 e. The van der Waals surface area contributed by atoms with Crippen LogP contribution in [0.1, 0.15) is 26.7 Å². The first-order valence-electron chi connectivity index (χ1n) is 5.07. The number of aromatic nitrogens is 2. The zero-order chi connectivity index (χ0) is 10.4. The van der Waals surface area contributed by atoms with E-state index in [1.807, 2.05) is 13.1 Å². The van der Waals surface area contributed by atoms with Crippen LogP contribution < -0.4 is 10.6 Å². The molecule has 1 heterocycles. The Bertz CT molecular complexity index is 271. The Balaban J connectivity index is 2.65. The highest BCUT2D eigenvalue weighted by Gasteiger charge is 2.03. The van der Waals surface area contributed by atoms with E-state index in [1.54, 1.807) is 6.20 Å². The van der Waals surface area contributed by atoms with Crippen molar-refractivity contribution in [2.45, 2.75) is 32.7 Å². The molecule has 0 bridgehead atoms. The summed E-state index contributed by atoms with van der Waals surface area (Å²) in [5, 5.41) is 6.28. The molecule has 0 aliphatic rings. The van der Waals surface area contributed by atoms with Crippen LogP contribution >= 0.6 is 0 Å². The van der Waals surface area contributed by atoms with E-state index in [-0.39, 0.29) is 0 Å². The Hall–Kier alpha value is -1.32. The summed E-state index contributed by atoms with van der Waals surface area (Å²) in [7, 11) is 1.82. The van der Waals surface area contributed by atoms with Crippen LogP contribution in [0.15, 0.2) is 12.3 Å². The van der Waals surface area contributed by atoms with Crippen molar-refractivity contribution in [1.29, 1.82) is 0 Å². The van der Waals surface area contributed by atoms with E-state index < -0.39 is 0 Å². The third kappa shape index (κ3) is 2.87. The summed E-state index contributed by atoms with van der Waals surface area (Å²) >= 11 is 0. The van der Waals surface area contributed by atoms with Gasteiger partial charge in [-0.3, -0.25) is 0 Å². The van der Waals surface area contributed by atoms with Gasteiger partial charge in [0.1, 0.15) is 5.82 Å². The molecule has 0 unspecified atom stereocenters. The largest absolute Gasteiger partial charge is 0.367 e. The fourth-order valence-electron chi connectivity index (χ4n) is 1.26. The van der Waals surface area contributed by atoms with Crippen molar-refractivity contribution in [2.24, 2.45) is 0 Å². The van der Waals surface area contributed by atoms with E-state index in [1.165, 1.54) is 0 Å². The van der Waals surface area contributed by atoms with Crippen LogP contribution in [0.4, 0.5) is 11.8 Å². The summed E-state index contributed by atoms with van der Waals surface area (Å²) in [6.07, 6.45) is 3.97. The van der Waals surface area contributed by atoms with Crippen LogP contribution in [0.2, 0.25) is 0 Å². The van der Waals surface area contributed by atoms with Crippen LogP contribution in [-0.4, -0.2) is 23.1 Å². The highest BCUT2D eigenvalue weighted by molar-refractivity contribution is 5.39. The lowest BCUT2D eigenvalue weighted by Crippen LogP contribution is -2.18. The van der Waals surface area contributed by atoms with Gasteiger partial charge in [-0.05, 0) is 18.9 Å². The quantitative estimate of drug-likeness (QED) is 0.753. The fraction of sp³-hybridized carbons (Fsp3) is 0.600. The minimum Gasteiger partial charge on any atom is -0.367 e. The number of hydrogen-bond acceptors (Lipinski definition) is 4. The normalized spacial score (nSPS) is 10.3. The molecule has 0 saturated heterocycles. The lowest BCUT2D eigenvalue weighted by molar-refractivity contribution is 0.668. The molecule has 78 valence electrons. The van der Waals surface area contributed by atoms with Gasteiger partial charge in [0.25, 0.3) is 0 Å². The van der Waals surface area contributed by atoms with Crippen molar-refractivity contribution >= 4 is 11.8 Å². The molecular formula is C10H18N4. The van der Waals surface area contributed by atoms with E-state index in [2.05, 4.69) is 34.4 Å². The second-order valence-corrected chi connectivity index (χ2v) is 3.17. The molecule has 1 aromatic heterocycles. The molecule has 1 aromatic rings. The fourth-order valence-corrected chi connectivity index (χ4v) is 1.26. The number of rotatable bonds is 5. The first-order chi connectivity index (χ1) is 6.80. The molecule has 0 aliphatic heterocycles. The Kier molecular flexibility index (Phi) is 4.16. The molecule has 1 rings (SSSR count). The predicted molar refractivity (Wildman–Crippen MR) is 59.6 cm³/mol. The smallest absolute Gasteiger partial charge is 0.224 e. The summed E-state index contributed by atoms with van der Waals surface area (Å²) in [5.74, 6) is 1.54. The maximum atomic E-state index is 4.29.